The first-order chi connectivity index (χ1) is 8.20. The molecule has 0 atom stereocenters. The molecule has 17 heavy (non-hydrogen) atoms. The summed E-state index contributed by atoms with van der Waals surface area (Å²) in [5.74, 6) is -0.992. The molecule has 0 fully saturated rings. The fraction of sp³-hybridized carbons (Fsp3) is 0.0714. The molecule has 0 amide bonds. The van der Waals surface area contributed by atoms with Crippen LogP contribution in [0.3, 0.4) is 0 Å². The van der Waals surface area contributed by atoms with Gasteiger partial charge in [-0.3, -0.25) is 0 Å². The van der Waals surface area contributed by atoms with E-state index in [0.717, 1.165) is 11.6 Å². The molecule has 86 valence electrons. The smallest absolute Gasteiger partial charge is 0.337 e. The molecular weight excluding hydrogens is 219 g/mol. The van der Waals surface area contributed by atoms with Crippen LogP contribution in [0.1, 0.15) is 10.4 Å². The van der Waals surface area contributed by atoms with Crippen molar-refractivity contribution < 1.29 is 13.9 Å². The lowest BCUT2D eigenvalue weighted by molar-refractivity contribution is 0.0600. The first-order valence-electron chi connectivity index (χ1n) is 5.15. The molecule has 0 unspecified atom stereocenters. The largest absolute Gasteiger partial charge is 0.465 e. The van der Waals surface area contributed by atoms with Crippen molar-refractivity contribution in [2.45, 2.75) is 0 Å². The van der Waals surface area contributed by atoms with Crippen molar-refractivity contribution in [2.24, 2.45) is 0 Å². The monoisotopic (exact) mass is 230 g/mol. The maximum Gasteiger partial charge on any atom is 0.337 e. The summed E-state index contributed by atoms with van der Waals surface area (Å²) in [4.78, 5) is 11.4. The summed E-state index contributed by atoms with van der Waals surface area (Å²) in [6.07, 6.45) is 0. The highest BCUT2D eigenvalue weighted by atomic mass is 19.1. The Kier molecular flexibility index (Phi) is 3.19. The van der Waals surface area contributed by atoms with Crippen molar-refractivity contribution in [3.63, 3.8) is 0 Å². The molecule has 2 nitrogen and oxygen atoms in total. The second-order valence-electron chi connectivity index (χ2n) is 3.59. The molecule has 0 aromatic heterocycles. The number of benzene rings is 2. The predicted molar refractivity (Wildman–Crippen MR) is 63.2 cm³/mol. The molecule has 3 heteroatoms. The Morgan fingerprint density at radius 3 is 2.41 bits per heavy atom. The minimum absolute atomic E-state index is 0.214. The summed E-state index contributed by atoms with van der Waals surface area (Å²) >= 11 is 0. The van der Waals surface area contributed by atoms with E-state index in [1.165, 1.54) is 13.2 Å². The van der Waals surface area contributed by atoms with E-state index in [1.54, 1.807) is 6.07 Å². The van der Waals surface area contributed by atoms with Crippen molar-refractivity contribution in [1.82, 2.24) is 0 Å². The van der Waals surface area contributed by atoms with E-state index < -0.39 is 11.8 Å². The normalized spacial score (nSPS) is 10.0. The van der Waals surface area contributed by atoms with Gasteiger partial charge in [0.15, 0.2) is 0 Å². The maximum absolute atomic E-state index is 13.4. The Morgan fingerprint density at radius 1 is 1.06 bits per heavy atom. The van der Waals surface area contributed by atoms with Crippen molar-refractivity contribution in [1.29, 1.82) is 0 Å². The third-order valence-corrected chi connectivity index (χ3v) is 2.43. The third-order valence-electron chi connectivity index (χ3n) is 2.43. The van der Waals surface area contributed by atoms with Crippen LogP contribution in [0.2, 0.25) is 0 Å². The van der Waals surface area contributed by atoms with Crippen molar-refractivity contribution >= 4 is 5.97 Å². The number of hydrogen-bond acceptors (Lipinski definition) is 2. The summed E-state index contributed by atoms with van der Waals surface area (Å²) in [6, 6.07) is 13.5. The highest BCUT2D eigenvalue weighted by Gasteiger charge is 2.09. The Balaban J connectivity index is 2.49. The van der Waals surface area contributed by atoms with E-state index in [0.29, 0.717) is 5.56 Å². The average Bonchev–Trinajstić information content (AvgIpc) is 2.38. The van der Waals surface area contributed by atoms with E-state index in [1.807, 2.05) is 30.3 Å². The van der Waals surface area contributed by atoms with Gasteiger partial charge in [0.25, 0.3) is 0 Å². The fourth-order valence-corrected chi connectivity index (χ4v) is 1.62. The van der Waals surface area contributed by atoms with Crippen LogP contribution in [-0.4, -0.2) is 13.1 Å². The van der Waals surface area contributed by atoms with Gasteiger partial charge in [0.05, 0.1) is 12.7 Å². The highest BCUT2D eigenvalue weighted by Crippen LogP contribution is 2.22. The van der Waals surface area contributed by atoms with Crippen LogP contribution >= 0.6 is 0 Å². The first kappa shape index (κ1) is 11.3. The van der Waals surface area contributed by atoms with Crippen LogP contribution in [-0.2, 0) is 4.74 Å². The van der Waals surface area contributed by atoms with Crippen LogP contribution in [0, 0.1) is 5.82 Å². The van der Waals surface area contributed by atoms with E-state index in [4.69, 9.17) is 0 Å². The maximum atomic E-state index is 13.4. The van der Waals surface area contributed by atoms with Gasteiger partial charge < -0.3 is 4.74 Å². The third kappa shape index (κ3) is 2.50. The fourth-order valence-electron chi connectivity index (χ4n) is 1.62. The van der Waals surface area contributed by atoms with Crippen LogP contribution < -0.4 is 0 Å². The molecule has 2 aromatic rings. The van der Waals surface area contributed by atoms with Crippen LogP contribution in [0.15, 0.2) is 48.5 Å². The number of rotatable bonds is 2. The van der Waals surface area contributed by atoms with Gasteiger partial charge in [0, 0.05) is 0 Å². The molecule has 0 radical (unpaired) electrons. The summed E-state index contributed by atoms with van der Waals surface area (Å²) in [5, 5.41) is 0. The molecule has 2 rings (SSSR count). The van der Waals surface area contributed by atoms with Crippen LogP contribution in [0.5, 0.6) is 0 Å². The molecule has 0 aliphatic heterocycles. The summed E-state index contributed by atoms with van der Waals surface area (Å²) in [5.41, 5.74) is 1.73. The zero-order valence-electron chi connectivity index (χ0n) is 9.31. The van der Waals surface area contributed by atoms with E-state index in [2.05, 4.69) is 4.74 Å². The molecule has 0 aliphatic rings. The van der Waals surface area contributed by atoms with Crippen LogP contribution in [0.4, 0.5) is 4.39 Å². The van der Waals surface area contributed by atoms with Crippen molar-refractivity contribution in [2.75, 3.05) is 7.11 Å². The van der Waals surface area contributed by atoms with Crippen molar-refractivity contribution in [3.8, 4) is 11.1 Å². The minimum atomic E-state index is -0.540. The zero-order chi connectivity index (χ0) is 12.3. The predicted octanol–water partition coefficient (Wildman–Crippen LogP) is 3.28. The molecule has 0 spiro atoms. The molecule has 0 heterocycles. The Morgan fingerprint density at radius 2 is 1.76 bits per heavy atom. The number of ether oxygens (including phenoxy) is 1. The molecule has 0 aliphatic carbocycles. The van der Waals surface area contributed by atoms with Gasteiger partial charge in [0.1, 0.15) is 5.82 Å². The number of carbonyl (C=O) groups excluding carboxylic acids is 1. The molecule has 2 aromatic carbocycles. The van der Waals surface area contributed by atoms with Gasteiger partial charge in [-0.05, 0) is 29.3 Å². The molecule has 0 saturated carbocycles. The lowest BCUT2D eigenvalue weighted by Crippen LogP contribution is -2.02. The lowest BCUT2D eigenvalue weighted by Gasteiger charge is -2.05. The molecule has 0 bridgehead atoms. The average molecular weight is 230 g/mol. The van der Waals surface area contributed by atoms with E-state index in [9.17, 15) is 9.18 Å². The SMILES string of the molecule is COC(=O)c1cc(F)cc(-c2ccccc2)c1. The summed E-state index contributed by atoms with van der Waals surface area (Å²) in [7, 11) is 1.27. The second-order valence-corrected chi connectivity index (χ2v) is 3.59. The standard InChI is InChI=1S/C14H11FO2/c1-17-14(16)12-7-11(8-13(15)9-12)10-5-3-2-4-6-10/h2-9H,1H3. The molecule has 0 N–H and O–H groups in total. The van der Waals surface area contributed by atoms with E-state index >= 15 is 0 Å². The second kappa shape index (κ2) is 4.78. The topological polar surface area (TPSA) is 26.3 Å². The van der Waals surface area contributed by atoms with Gasteiger partial charge in [-0.1, -0.05) is 30.3 Å². The number of carbonyl (C=O) groups is 1. The summed E-state index contributed by atoms with van der Waals surface area (Å²) in [6.45, 7) is 0. The van der Waals surface area contributed by atoms with Crippen molar-refractivity contribution in [3.05, 3.63) is 59.9 Å². The van der Waals surface area contributed by atoms with Gasteiger partial charge >= 0.3 is 5.97 Å². The molecular formula is C14H11FO2. The minimum Gasteiger partial charge on any atom is -0.465 e. The lowest BCUT2D eigenvalue weighted by atomic mass is 10.0. The van der Waals surface area contributed by atoms with Gasteiger partial charge in [-0.15, -0.1) is 0 Å². The molecule has 0 saturated heterocycles. The Hall–Kier alpha value is -2.16. The summed E-state index contributed by atoms with van der Waals surface area (Å²) < 4.78 is 18.0. The quantitative estimate of drug-likeness (QED) is 0.740. The number of halogens is 1. The number of esters is 1. The zero-order valence-corrected chi connectivity index (χ0v) is 9.31. The van der Waals surface area contributed by atoms with Gasteiger partial charge in [-0.25, -0.2) is 9.18 Å². The Bertz CT molecular complexity index is 535. The van der Waals surface area contributed by atoms with Gasteiger partial charge in [-0.2, -0.15) is 0 Å². The van der Waals surface area contributed by atoms with Gasteiger partial charge in [0.2, 0.25) is 0 Å². The first-order valence-corrected chi connectivity index (χ1v) is 5.15. The number of hydrogen-bond donors (Lipinski definition) is 0. The van der Waals surface area contributed by atoms with Crippen LogP contribution in [0.25, 0.3) is 11.1 Å². The Labute approximate surface area is 98.7 Å². The van der Waals surface area contributed by atoms with E-state index in [-0.39, 0.29) is 5.56 Å². The highest BCUT2D eigenvalue weighted by molar-refractivity contribution is 5.91. The number of methoxy groups -OCH3 is 1.